The highest BCUT2D eigenvalue weighted by Crippen LogP contribution is 2.39. The number of allylic oxidation sites excluding steroid dienone is 8. The van der Waals surface area contributed by atoms with E-state index in [0.29, 0.717) is 0 Å². The lowest BCUT2D eigenvalue weighted by molar-refractivity contribution is 1.01. The second-order valence-corrected chi connectivity index (χ2v) is 11.2. The Bertz CT molecular complexity index is 2350. The van der Waals surface area contributed by atoms with Gasteiger partial charge in [-0.2, -0.15) is 0 Å². The van der Waals surface area contributed by atoms with Crippen molar-refractivity contribution < 1.29 is 0 Å². The van der Waals surface area contributed by atoms with E-state index in [1.54, 1.807) is 0 Å². The zero-order valence-corrected chi connectivity index (χ0v) is 23.5. The molecule has 1 aliphatic carbocycles. The van der Waals surface area contributed by atoms with Crippen LogP contribution in [0.1, 0.15) is 12.0 Å². The van der Waals surface area contributed by atoms with Gasteiger partial charge in [0, 0.05) is 32.9 Å². The number of benzene rings is 5. The van der Waals surface area contributed by atoms with E-state index < -0.39 is 0 Å². The molecule has 0 radical (unpaired) electrons. The summed E-state index contributed by atoms with van der Waals surface area (Å²) in [5, 5.41) is 10.2. The first kappa shape index (κ1) is 24.5. The first-order chi connectivity index (χ1) is 20.6. The SMILES string of the molecule is C=C/C(=C\C(=C)C(=C)/C=C(\C=C)n1c2cccc3ccc4cccc1c4c32)n1c2c3c(ccc4cccc1c43)CCC=2. The molecule has 2 heteroatoms. The van der Waals surface area contributed by atoms with Gasteiger partial charge in [-0.1, -0.05) is 93.1 Å². The summed E-state index contributed by atoms with van der Waals surface area (Å²) in [6, 6.07) is 28.5. The van der Waals surface area contributed by atoms with Gasteiger partial charge >= 0.3 is 0 Å². The Hall–Kier alpha value is -5.34. The Morgan fingerprint density at radius 2 is 1.05 bits per heavy atom. The van der Waals surface area contributed by atoms with Gasteiger partial charge in [-0.25, -0.2) is 0 Å². The van der Waals surface area contributed by atoms with E-state index in [0.717, 1.165) is 46.4 Å². The fourth-order valence-corrected chi connectivity index (χ4v) is 7.04. The topological polar surface area (TPSA) is 9.86 Å². The Morgan fingerprint density at radius 1 is 0.571 bits per heavy atom. The van der Waals surface area contributed by atoms with Crippen LogP contribution in [0.4, 0.5) is 0 Å². The lowest BCUT2D eigenvalue weighted by atomic mass is 9.96. The third kappa shape index (κ3) is 3.33. The summed E-state index contributed by atoms with van der Waals surface area (Å²) in [6.07, 6.45) is 12.5. The first-order valence-electron chi connectivity index (χ1n) is 14.5. The number of aromatic nitrogens is 2. The minimum absolute atomic E-state index is 0.827. The normalized spacial score (nSPS) is 13.9. The molecule has 0 bridgehead atoms. The molecule has 0 spiro atoms. The molecule has 5 aromatic carbocycles. The number of hydrogen-bond acceptors (Lipinski definition) is 0. The summed E-state index contributed by atoms with van der Waals surface area (Å²) in [6.45, 7) is 17.3. The highest BCUT2D eigenvalue weighted by atomic mass is 15.0. The lowest BCUT2D eigenvalue weighted by Crippen LogP contribution is -2.18. The number of nitrogens with zero attached hydrogens (tertiary/aromatic N) is 2. The van der Waals surface area contributed by atoms with Gasteiger partial charge in [0.1, 0.15) is 0 Å². The van der Waals surface area contributed by atoms with Gasteiger partial charge in [-0.3, -0.25) is 0 Å². The molecular weight excluding hydrogens is 508 g/mol. The maximum Gasteiger partial charge on any atom is 0.0547 e. The molecule has 0 aliphatic heterocycles. The molecule has 0 saturated carbocycles. The number of aryl methyl sites for hydroxylation is 1. The molecule has 0 saturated heterocycles. The molecule has 42 heavy (non-hydrogen) atoms. The summed E-state index contributed by atoms with van der Waals surface area (Å²) < 4.78 is 4.63. The van der Waals surface area contributed by atoms with Crippen LogP contribution in [0.25, 0.3) is 71.7 Å². The van der Waals surface area contributed by atoms with Gasteiger partial charge in [0.25, 0.3) is 0 Å². The molecule has 0 fully saturated rings. The van der Waals surface area contributed by atoms with Crippen molar-refractivity contribution in [2.75, 3.05) is 0 Å². The largest absolute Gasteiger partial charge is 0.310 e. The third-order valence-corrected chi connectivity index (χ3v) is 8.91. The summed E-state index contributed by atoms with van der Waals surface area (Å²) in [5.41, 5.74) is 8.54. The molecular formula is C40H30N2. The summed E-state index contributed by atoms with van der Waals surface area (Å²) in [4.78, 5) is 0. The second kappa shape index (κ2) is 9.09. The zero-order valence-electron chi connectivity index (χ0n) is 23.5. The Kier molecular flexibility index (Phi) is 5.29. The van der Waals surface area contributed by atoms with Gasteiger partial charge in [0.2, 0.25) is 0 Å². The molecule has 0 N–H and O–H groups in total. The molecule has 0 amide bonds. The Balaban J connectivity index is 1.26. The molecule has 1 aliphatic rings. The average Bonchev–Trinajstić information content (AvgIpc) is 3.55. The van der Waals surface area contributed by atoms with Crippen molar-refractivity contribution in [1.82, 2.24) is 9.13 Å². The fourth-order valence-electron chi connectivity index (χ4n) is 7.04. The van der Waals surface area contributed by atoms with Crippen molar-refractivity contribution >= 4 is 71.7 Å². The van der Waals surface area contributed by atoms with Crippen molar-refractivity contribution in [2.24, 2.45) is 0 Å². The second-order valence-electron chi connectivity index (χ2n) is 11.2. The smallest absolute Gasteiger partial charge is 0.0547 e. The predicted octanol–water partition coefficient (Wildman–Crippen LogP) is 9.81. The molecule has 2 heterocycles. The molecule has 2 aromatic heterocycles. The van der Waals surface area contributed by atoms with Crippen molar-refractivity contribution in [3.05, 3.63) is 152 Å². The minimum Gasteiger partial charge on any atom is -0.310 e. The lowest BCUT2D eigenvalue weighted by Gasteiger charge is -2.13. The number of rotatable bonds is 7. The van der Waals surface area contributed by atoms with Crippen LogP contribution in [0.2, 0.25) is 0 Å². The summed E-state index contributed by atoms with van der Waals surface area (Å²) in [7, 11) is 0. The first-order valence-corrected chi connectivity index (χ1v) is 14.5. The van der Waals surface area contributed by atoms with Crippen molar-refractivity contribution in [3.8, 4) is 0 Å². The van der Waals surface area contributed by atoms with E-state index >= 15 is 0 Å². The van der Waals surface area contributed by atoms with E-state index in [1.165, 1.54) is 54.1 Å². The molecule has 0 atom stereocenters. The Labute approximate surface area is 244 Å². The van der Waals surface area contributed by atoms with Gasteiger partial charge in [-0.05, 0) is 88.2 Å². The predicted molar refractivity (Wildman–Crippen MR) is 183 cm³/mol. The van der Waals surface area contributed by atoms with Crippen LogP contribution in [-0.4, -0.2) is 9.13 Å². The van der Waals surface area contributed by atoms with Gasteiger partial charge in [0.05, 0.1) is 21.9 Å². The van der Waals surface area contributed by atoms with Crippen LogP contribution in [-0.2, 0) is 6.42 Å². The highest BCUT2D eigenvalue weighted by Gasteiger charge is 2.19. The van der Waals surface area contributed by atoms with E-state index in [4.69, 9.17) is 0 Å². The molecule has 0 unspecified atom stereocenters. The van der Waals surface area contributed by atoms with E-state index in [9.17, 15) is 0 Å². The van der Waals surface area contributed by atoms with Crippen LogP contribution in [0.5, 0.6) is 0 Å². The Morgan fingerprint density at radius 3 is 1.60 bits per heavy atom. The number of hydrogen-bond donors (Lipinski definition) is 0. The molecule has 200 valence electrons. The van der Waals surface area contributed by atoms with Crippen LogP contribution < -0.4 is 5.35 Å². The van der Waals surface area contributed by atoms with Crippen LogP contribution in [0, 0.1) is 0 Å². The maximum atomic E-state index is 4.46. The maximum absolute atomic E-state index is 4.46. The van der Waals surface area contributed by atoms with E-state index in [-0.39, 0.29) is 0 Å². The summed E-state index contributed by atoms with van der Waals surface area (Å²) >= 11 is 0. The monoisotopic (exact) mass is 538 g/mol. The fraction of sp³-hybridized carbons (Fsp3) is 0.0500. The summed E-state index contributed by atoms with van der Waals surface area (Å²) in [5.74, 6) is 0. The van der Waals surface area contributed by atoms with Crippen LogP contribution in [0.3, 0.4) is 0 Å². The van der Waals surface area contributed by atoms with Crippen molar-refractivity contribution in [2.45, 2.75) is 12.8 Å². The molecule has 8 rings (SSSR count). The van der Waals surface area contributed by atoms with Crippen molar-refractivity contribution in [1.29, 1.82) is 0 Å². The third-order valence-electron chi connectivity index (χ3n) is 8.91. The molecule has 2 nitrogen and oxygen atoms in total. The molecule has 7 aromatic rings. The van der Waals surface area contributed by atoms with Gasteiger partial charge in [-0.15, -0.1) is 0 Å². The van der Waals surface area contributed by atoms with Crippen LogP contribution >= 0.6 is 0 Å². The minimum atomic E-state index is 0.827. The van der Waals surface area contributed by atoms with E-state index in [1.807, 2.05) is 12.2 Å². The quantitative estimate of drug-likeness (QED) is 0.141. The van der Waals surface area contributed by atoms with E-state index in [2.05, 4.69) is 133 Å². The standard InChI is InChI=1S/C40H30N2/c1-5-31(41-33-15-7-11-27-19-20-28-12-8-16-34(41)38(28)37(27)33)23-25(3)26(4)24-32(6-2)42-35-17-9-13-29-21-22-30-14-10-18-36(42)40(30)39(29)35/h5-9,11-13,15-24H,1-4,10,14H2/b31-23+,32-24+. The van der Waals surface area contributed by atoms with Gasteiger partial charge < -0.3 is 9.13 Å². The average molecular weight is 539 g/mol. The van der Waals surface area contributed by atoms with Gasteiger partial charge in [0.15, 0.2) is 0 Å². The van der Waals surface area contributed by atoms with Crippen molar-refractivity contribution in [3.63, 3.8) is 0 Å². The van der Waals surface area contributed by atoms with Crippen LogP contribution in [0.15, 0.2) is 141 Å². The zero-order chi connectivity index (χ0) is 28.5. The highest BCUT2D eigenvalue weighted by molar-refractivity contribution is 6.24.